The Labute approximate surface area is 288 Å². The Morgan fingerprint density at radius 3 is 1.98 bits per heavy atom. The van der Waals surface area contributed by atoms with Gasteiger partial charge in [0.2, 0.25) is 21.8 Å². The quantitative estimate of drug-likeness (QED) is 0.0950. The molecule has 7 N–H and O–H groups in total. The fraction of sp³-hybridized carbons (Fsp3) is 0.378. The summed E-state index contributed by atoms with van der Waals surface area (Å²) in [4.78, 5) is 35.9. The van der Waals surface area contributed by atoms with Crippen LogP contribution in [0.4, 0.5) is 0 Å². The first-order valence-corrected chi connectivity index (χ1v) is 18.5. The first-order chi connectivity index (χ1) is 23.4. The summed E-state index contributed by atoms with van der Waals surface area (Å²) in [6.07, 6.45) is 1.65. The maximum atomic E-state index is 14.3. The second-order valence-corrected chi connectivity index (χ2v) is 14.9. The van der Waals surface area contributed by atoms with Crippen molar-refractivity contribution in [3.63, 3.8) is 0 Å². The van der Waals surface area contributed by atoms with Crippen molar-refractivity contribution in [2.45, 2.75) is 63.7 Å². The third-order valence-corrected chi connectivity index (χ3v) is 10.6. The fourth-order valence-electron chi connectivity index (χ4n) is 6.60. The van der Waals surface area contributed by atoms with E-state index in [1.165, 1.54) is 0 Å². The number of piperazine rings is 1. The first kappa shape index (κ1) is 35.8. The molecule has 1 heterocycles. The molecule has 1 fully saturated rings. The van der Waals surface area contributed by atoms with E-state index in [0.717, 1.165) is 32.7 Å². The van der Waals surface area contributed by atoms with Crippen molar-refractivity contribution in [3.8, 4) is 0 Å². The zero-order valence-corrected chi connectivity index (χ0v) is 29.0. The van der Waals surface area contributed by atoms with Crippen LogP contribution < -0.4 is 21.9 Å². The van der Waals surface area contributed by atoms with Gasteiger partial charge >= 0.3 is 0 Å². The highest BCUT2D eigenvalue weighted by Crippen LogP contribution is 2.24. The van der Waals surface area contributed by atoms with E-state index >= 15 is 0 Å². The minimum absolute atomic E-state index is 0.0147. The summed E-state index contributed by atoms with van der Waals surface area (Å²) in [6.45, 7) is 4.27. The number of carbonyl (C=O) groups excluding carboxylic acids is 2. The molecule has 0 aliphatic carbocycles. The molecule has 2 amide bonds. The van der Waals surface area contributed by atoms with Gasteiger partial charge < -0.3 is 27.0 Å². The molecule has 1 aliphatic rings. The molecular formula is C37H47N7O4S. The molecule has 4 aromatic carbocycles. The van der Waals surface area contributed by atoms with Crippen LogP contribution >= 0.6 is 0 Å². The number of benzene rings is 4. The van der Waals surface area contributed by atoms with Crippen molar-refractivity contribution in [1.29, 1.82) is 0 Å². The van der Waals surface area contributed by atoms with Crippen molar-refractivity contribution in [2.75, 3.05) is 25.4 Å². The molecule has 5 rings (SSSR count). The monoisotopic (exact) mass is 685 g/mol. The van der Waals surface area contributed by atoms with E-state index in [-0.39, 0.29) is 55.1 Å². The van der Waals surface area contributed by atoms with Crippen molar-refractivity contribution in [2.24, 2.45) is 22.2 Å². The van der Waals surface area contributed by atoms with Crippen LogP contribution in [0.15, 0.2) is 89.9 Å². The standard InChI is InChI=1S/C37H47N7O4S/c1-3-49(47,48)42-34(22-27-15-17-29-10-5-7-12-31(29)20-27)36(46)43-24-32(13-8-18-41-37(39)40)44(23-25(43)2)35(45)33(38)21-26-14-16-28-9-4-6-11-30(28)19-26/h4-7,9-12,14-17,19-20,25,32-34,42H,3,8,13,18,21-24,38H2,1-2H3,(H4,39,40,41)/t25?,32?,33-,34-/m1/s1. The van der Waals surface area contributed by atoms with Gasteiger partial charge in [-0.1, -0.05) is 84.9 Å². The van der Waals surface area contributed by atoms with Crippen LogP contribution in [0.5, 0.6) is 0 Å². The molecule has 12 heteroatoms. The lowest BCUT2D eigenvalue weighted by atomic mass is 9.97. The molecule has 1 aliphatic heterocycles. The lowest BCUT2D eigenvalue weighted by Crippen LogP contribution is -2.65. The molecule has 4 atom stereocenters. The van der Waals surface area contributed by atoms with Crippen molar-refractivity contribution >= 4 is 49.3 Å². The summed E-state index contributed by atoms with van der Waals surface area (Å²) in [7, 11) is -3.72. The Balaban J connectivity index is 1.37. The van der Waals surface area contributed by atoms with Gasteiger partial charge in [0.15, 0.2) is 5.96 Å². The molecule has 11 nitrogen and oxygen atoms in total. The van der Waals surface area contributed by atoms with Gasteiger partial charge in [-0.2, -0.15) is 0 Å². The third kappa shape index (κ3) is 9.14. The molecule has 1 saturated heterocycles. The number of carbonyl (C=O) groups is 2. The Hall–Kier alpha value is -4.52. The summed E-state index contributed by atoms with van der Waals surface area (Å²) >= 11 is 0. The molecule has 0 saturated carbocycles. The third-order valence-electron chi connectivity index (χ3n) is 9.24. The van der Waals surface area contributed by atoms with Crippen LogP contribution in [0.2, 0.25) is 0 Å². The van der Waals surface area contributed by atoms with Gasteiger partial charge in [-0.05, 0) is 72.2 Å². The number of hydrogen-bond acceptors (Lipinski definition) is 6. The number of nitrogens with zero attached hydrogens (tertiary/aromatic N) is 3. The summed E-state index contributed by atoms with van der Waals surface area (Å²) in [5.74, 6) is -0.702. The molecule has 0 spiro atoms. The molecule has 0 aromatic heterocycles. The van der Waals surface area contributed by atoms with Crippen LogP contribution in [0.25, 0.3) is 21.5 Å². The average Bonchev–Trinajstić information content (AvgIpc) is 3.09. The minimum Gasteiger partial charge on any atom is -0.370 e. The molecular weight excluding hydrogens is 639 g/mol. The van der Waals surface area contributed by atoms with Crippen LogP contribution in [-0.2, 0) is 32.5 Å². The SMILES string of the molecule is CCS(=O)(=O)N[C@H](Cc1ccc2ccccc2c1)C(=O)N1CC(CCCN=C(N)N)N(C(=O)[C@H](N)Cc2ccc3ccccc3c2)CC1C. The number of nitrogens with two attached hydrogens (primary N) is 3. The molecule has 260 valence electrons. The zero-order chi connectivity index (χ0) is 35.1. The number of nitrogens with one attached hydrogen (secondary N) is 1. The van der Waals surface area contributed by atoms with E-state index in [1.54, 1.807) is 16.7 Å². The van der Waals surface area contributed by atoms with E-state index in [9.17, 15) is 18.0 Å². The Bertz CT molecular complexity index is 1930. The van der Waals surface area contributed by atoms with Crippen LogP contribution in [-0.4, -0.2) is 85.5 Å². The highest BCUT2D eigenvalue weighted by molar-refractivity contribution is 7.89. The second-order valence-electron chi connectivity index (χ2n) is 12.9. The van der Waals surface area contributed by atoms with Crippen LogP contribution in [0.1, 0.15) is 37.8 Å². The van der Waals surface area contributed by atoms with Gasteiger partial charge in [-0.15, -0.1) is 0 Å². The number of sulfonamides is 1. The van der Waals surface area contributed by atoms with Gasteiger partial charge in [-0.3, -0.25) is 14.6 Å². The number of amides is 2. The van der Waals surface area contributed by atoms with E-state index in [4.69, 9.17) is 17.2 Å². The number of guanidine groups is 1. The maximum Gasteiger partial charge on any atom is 0.241 e. The van der Waals surface area contributed by atoms with Gasteiger partial charge in [0, 0.05) is 31.7 Å². The van der Waals surface area contributed by atoms with Crippen molar-refractivity contribution in [1.82, 2.24) is 14.5 Å². The van der Waals surface area contributed by atoms with Crippen molar-refractivity contribution < 1.29 is 18.0 Å². The smallest absolute Gasteiger partial charge is 0.241 e. The predicted octanol–water partition coefficient (Wildman–Crippen LogP) is 2.89. The fourth-order valence-corrected chi connectivity index (χ4v) is 7.38. The summed E-state index contributed by atoms with van der Waals surface area (Å²) in [5.41, 5.74) is 19.5. The van der Waals surface area contributed by atoms with Crippen LogP contribution in [0.3, 0.4) is 0 Å². The lowest BCUT2D eigenvalue weighted by Gasteiger charge is -2.47. The number of hydrogen-bond donors (Lipinski definition) is 4. The second kappa shape index (κ2) is 15.8. The van der Waals surface area contributed by atoms with Gasteiger partial charge in [0.05, 0.1) is 11.8 Å². The number of fused-ring (bicyclic) bond motifs is 2. The summed E-state index contributed by atoms with van der Waals surface area (Å²) in [5, 5.41) is 4.25. The van der Waals surface area contributed by atoms with Crippen molar-refractivity contribution in [3.05, 3.63) is 96.1 Å². The summed E-state index contributed by atoms with van der Waals surface area (Å²) in [6, 6.07) is 25.3. The number of rotatable bonds is 13. The van der Waals surface area contributed by atoms with E-state index in [0.29, 0.717) is 25.8 Å². The van der Waals surface area contributed by atoms with E-state index < -0.39 is 22.1 Å². The highest BCUT2D eigenvalue weighted by Gasteiger charge is 2.40. The number of aliphatic imine (C=N–C) groups is 1. The lowest BCUT2D eigenvalue weighted by molar-refractivity contribution is -0.148. The van der Waals surface area contributed by atoms with Crippen LogP contribution in [0, 0.1) is 0 Å². The Morgan fingerprint density at radius 1 is 0.837 bits per heavy atom. The Kier molecular flexibility index (Phi) is 11.5. The molecule has 2 unspecified atom stereocenters. The minimum atomic E-state index is -3.72. The topological polar surface area (TPSA) is 177 Å². The average molecular weight is 686 g/mol. The largest absolute Gasteiger partial charge is 0.370 e. The predicted molar refractivity (Wildman–Crippen MR) is 196 cm³/mol. The normalized spacial score (nSPS) is 17.9. The van der Waals surface area contributed by atoms with Gasteiger partial charge in [-0.25, -0.2) is 13.1 Å². The van der Waals surface area contributed by atoms with E-state index in [1.807, 2.05) is 85.8 Å². The molecule has 0 bridgehead atoms. The summed E-state index contributed by atoms with van der Waals surface area (Å²) < 4.78 is 28.3. The first-order valence-electron chi connectivity index (χ1n) is 16.8. The van der Waals surface area contributed by atoms with E-state index in [2.05, 4.69) is 15.8 Å². The maximum absolute atomic E-state index is 14.3. The molecule has 49 heavy (non-hydrogen) atoms. The molecule has 4 aromatic rings. The van der Waals surface area contributed by atoms with Gasteiger partial charge in [0.25, 0.3) is 0 Å². The zero-order valence-electron chi connectivity index (χ0n) is 28.2. The molecule has 0 radical (unpaired) electrons. The highest BCUT2D eigenvalue weighted by atomic mass is 32.2. The Morgan fingerprint density at radius 2 is 1.41 bits per heavy atom. The van der Waals surface area contributed by atoms with Gasteiger partial charge in [0.1, 0.15) is 6.04 Å².